The number of imidazole rings is 1. The van der Waals surface area contributed by atoms with E-state index < -0.39 is 0 Å². The highest BCUT2D eigenvalue weighted by Crippen LogP contribution is 2.32. The van der Waals surface area contributed by atoms with Crippen molar-refractivity contribution in [2.45, 2.75) is 6.92 Å². The molecule has 1 aromatic carbocycles. The van der Waals surface area contributed by atoms with Crippen LogP contribution in [0, 0.1) is 6.92 Å². The molecule has 0 unspecified atom stereocenters. The van der Waals surface area contributed by atoms with Crippen molar-refractivity contribution in [1.82, 2.24) is 34.3 Å². The maximum absolute atomic E-state index is 5.62. The molecule has 0 fully saturated rings. The Kier molecular flexibility index (Phi) is 4.78. The molecule has 1 N–H and O–H groups in total. The van der Waals surface area contributed by atoms with Gasteiger partial charge in [0.1, 0.15) is 11.6 Å². The number of benzene rings is 1. The number of aromatic nitrogens is 7. The fraction of sp³-hybridized carbons (Fsp3) is 0.174. The number of anilines is 2. The summed E-state index contributed by atoms with van der Waals surface area (Å²) in [6.07, 6.45) is 7.31. The van der Waals surface area contributed by atoms with Crippen molar-refractivity contribution >= 4 is 22.7 Å². The minimum Gasteiger partial charge on any atom is -0.495 e. The first-order valence-electron chi connectivity index (χ1n) is 10.1. The van der Waals surface area contributed by atoms with Crippen molar-refractivity contribution in [3.63, 3.8) is 0 Å². The van der Waals surface area contributed by atoms with Crippen LogP contribution in [0.1, 0.15) is 5.82 Å². The molecule has 9 nitrogen and oxygen atoms in total. The van der Waals surface area contributed by atoms with Crippen LogP contribution >= 0.6 is 0 Å². The zero-order valence-corrected chi connectivity index (χ0v) is 18.2. The molecule has 5 rings (SSSR count). The zero-order chi connectivity index (χ0) is 22.2. The molecule has 0 saturated heterocycles. The first kappa shape index (κ1) is 19.7. The average Bonchev–Trinajstić information content (AvgIpc) is 3.39. The third-order valence-electron chi connectivity index (χ3n) is 5.41. The Hall–Kier alpha value is -4.27. The Labute approximate surface area is 184 Å². The van der Waals surface area contributed by atoms with Gasteiger partial charge in [-0.15, -0.1) is 0 Å². The van der Waals surface area contributed by atoms with Crippen LogP contribution in [0.5, 0.6) is 5.75 Å². The predicted molar refractivity (Wildman–Crippen MR) is 123 cm³/mol. The molecule has 32 heavy (non-hydrogen) atoms. The Balaban J connectivity index is 1.47. The van der Waals surface area contributed by atoms with Gasteiger partial charge < -0.3 is 14.6 Å². The summed E-state index contributed by atoms with van der Waals surface area (Å²) in [4.78, 5) is 18.1. The lowest BCUT2D eigenvalue weighted by molar-refractivity contribution is 0.417. The van der Waals surface area contributed by atoms with Gasteiger partial charge in [0, 0.05) is 43.0 Å². The van der Waals surface area contributed by atoms with Crippen molar-refractivity contribution in [3.05, 3.63) is 60.9 Å². The minimum absolute atomic E-state index is 0.441. The molecular weight excluding hydrogens is 404 g/mol. The molecule has 0 atom stereocenters. The molecule has 0 aliphatic heterocycles. The van der Waals surface area contributed by atoms with Crippen molar-refractivity contribution in [2.24, 2.45) is 14.1 Å². The maximum Gasteiger partial charge on any atom is 0.229 e. The monoisotopic (exact) mass is 426 g/mol. The van der Waals surface area contributed by atoms with E-state index in [1.165, 1.54) is 0 Å². The molecule has 0 aliphatic carbocycles. The molecule has 0 aliphatic rings. The number of rotatable bonds is 5. The van der Waals surface area contributed by atoms with E-state index >= 15 is 0 Å². The number of hydrogen-bond donors (Lipinski definition) is 1. The second-order valence-corrected chi connectivity index (χ2v) is 7.50. The van der Waals surface area contributed by atoms with E-state index in [0.717, 1.165) is 39.4 Å². The highest BCUT2D eigenvalue weighted by atomic mass is 16.5. The van der Waals surface area contributed by atoms with E-state index in [4.69, 9.17) is 4.74 Å². The molecule has 4 heterocycles. The predicted octanol–water partition coefficient (Wildman–Crippen LogP) is 3.89. The van der Waals surface area contributed by atoms with Crippen LogP contribution in [0.25, 0.3) is 33.5 Å². The number of fused-ring (bicyclic) bond motifs is 1. The third kappa shape index (κ3) is 3.53. The summed E-state index contributed by atoms with van der Waals surface area (Å²) >= 11 is 0. The van der Waals surface area contributed by atoms with Crippen LogP contribution in [-0.4, -0.2) is 41.4 Å². The quantitative estimate of drug-likeness (QED) is 0.455. The number of nitrogens with zero attached hydrogens (tertiary/aromatic N) is 7. The highest BCUT2D eigenvalue weighted by molar-refractivity contribution is 5.79. The van der Waals surface area contributed by atoms with Gasteiger partial charge in [0.05, 0.1) is 36.6 Å². The van der Waals surface area contributed by atoms with E-state index in [-0.39, 0.29) is 0 Å². The van der Waals surface area contributed by atoms with Crippen LogP contribution in [0.4, 0.5) is 11.6 Å². The number of pyridine rings is 1. The number of hydrogen-bond acceptors (Lipinski definition) is 7. The third-order valence-corrected chi connectivity index (χ3v) is 5.41. The molecule has 4 aromatic heterocycles. The molecule has 0 spiro atoms. The number of aryl methyl sites for hydroxylation is 2. The molecule has 0 bridgehead atoms. The molecule has 9 heteroatoms. The van der Waals surface area contributed by atoms with Gasteiger partial charge in [0.25, 0.3) is 0 Å². The summed E-state index contributed by atoms with van der Waals surface area (Å²) < 4.78 is 9.41. The van der Waals surface area contributed by atoms with Gasteiger partial charge in [-0.1, -0.05) is 6.07 Å². The molecule has 0 amide bonds. The van der Waals surface area contributed by atoms with Crippen LogP contribution in [0.3, 0.4) is 0 Å². The van der Waals surface area contributed by atoms with Crippen LogP contribution < -0.4 is 10.1 Å². The van der Waals surface area contributed by atoms with Crippen LogP contribution in [-0.2, 0) is 14.1 Å². The van der Waals surface area contributed by atoms with Crippen molar-refractivity contribution < 1.29 is 4.74 Å². The summed E-state index contributed by atoms with van der Waals surface area (Å²) in [6, 6.07) is 9.83. The fourth-order valence-corrected chi connectivity index (χ4v) is 3.53. The normalized spacial score (nSPS) is 11.1. The Morgan fingerprint density at radius 2 is 1.81 bits per heavy atom. The van der Waals surface area contributed by atoms with E-state index in [2.05, 4.69) is 30.4 Å². The van der Waals surface area contributed by atoms with Crippen molar-refractivity contribution in [1.29, 1.82) is 0 Å². The first-order chi connectivity index (χ1) is 15.5. The summed E-state index contributed by atoms with van der Waals surface area (Å²) in [5, 5.41) is 8.32. The van der Waals surface area contributed by atoms with Gasteiger partial charge in [0.15, 0.2) is 5.65 Å². The van der Waals surface area contributed by atoms with Gasteiger partial charge in [-0.05, 0) is 31.2 Å². The van der Waals surface area contributed by atoms with Gasteiger partial charge in [-0.3, -0.25) is 4.68 Å². The number of nitrogens with one attached hydrogen (secondary N) is 1. The highest BCUT2D eigenvalue weighted by Gasteiger charge is 2.12. The first-order valence-corrected chi connectivity index (χ1v) is 10.1. The van der Waals surface area contributed by atoms with E-state index in [1.54, 1.807) is 24.2 Å². The summed E-state index contributed by atoms with van der Waals surface area (Å²) in [5.74, 6) is 2.07. The summed E-state index contributed by atoms with van der Waals surface area (Å²) in [6.45, 7) is 1.97. The largest absolute Gasteiger partial charge is 0.495 e. The van der Waals surface area contributed by atoms with Crippen molar-refractivity contribution in [3.8, 4) is 28.3 Å². The van der Waals surface area contributed by atoms with Gasteiger partial charge in [0.2, 0.25) is 5.95 Å². The second kappa shape index (κ2) is 7.77. The van der Waals surface area contributed by atoms with Gasteiger partial charge in [-0.25, -0.2) is 15.0 Å². The smallest absolute Gasteiger partial charge is 0.229 e. The van der Waals surface area contributed by atoms with Crippen molar-refractivity contribution in [2.75, 3.05) is 12.4 Å². The lowest BCUT2D eigenvalue weighted by Crippen LogP contribution is -2.01. The van der Waals surface area contributed by atoms with E-state index in [9.17, 15) is 0 Å². The van der Waals surface area contributed by atoms with Gasteiger partial charge in [-0.2, -0.15) is 10.1 Å². The molecule has 160 valence electrons. The molecule has 5 aromatic rings. The SMILES string of the molecule is COc1cc(-c2cnc(C)n2C)ccc1Nc1ncc2ccc(-c3cnn(C)c3)nc2n1. The minimum atomic E-state index is 0.441. The van der Waals surface area contributed by atoms with Crippen LogP contribution in [0.2, 0.25) is 0 Å². The number of methoxy groups -OCH3 is 1. The maximum atomic E-state index is 5.62. The lowest BCUT2D eigenvalue weighted by atomic mass is 10.1. The molecule has 0 radical (unpaired) electrons. The van der Waals surface area contributed by atoms with E-state index in [1.807, 2.05) is 68.3 Å². The second-order valence-electron chi connectivity index (χ2n) is 7.50. The summed E-state index contributed by atoms with van der Waals surface area (Å²) in [5.41, 5.74) is 5.13. The lowest BCUT2D eigenvalue weighted by Gasteiger charge is -2.12. The Bertz CT molecular complexity index is 1440. The molecular formula is C23H22N8O. The summed E-state index contributed by atoms with van der Waals surface area (Å²) in [7, 11) is 5.51. The Morgan fingerprint density at radius 1 is 0.938 bits per heavy atom. The Morgan fingerprint density at radius 3 is 2.53 bits per heavy atom. The van der Waals surface area contributed by atoms with Gasteiger partial charge >= 0.3 is 0 Å². The standard InChI is InChI=1S/C23H22N8O/c1-14-24-12-20(31(14)3)15-5-8-19(21(9-15)32-4)28-23-25-10-16-6-7-18(27-22(16)29-23)17-11-26-30(2)13-17/h5-13H,1-4H3,(H,25,27,28,29). The molecule has 0 saturated carbocycles. The fourth-order valence-electron chi connectivity index (χ4n) is 3.53. The van der Waals surface area contributed by atoms with E-state index in [0.29, 0.717) is 17.3 Å². The topological polar surface area (TPSA) is 95.6 Å². The number of ether oxygens (including phenoxy) is 1. The average molecular weight is 426 g/mol. The zero-order valence-electron chi connectivity index (χ0n) is 18.2. The van der Waals surface area contributed by atoms with Crippen LogP contribution in [0.15, 0.2) is 55.1 Å².